The van der Waals surface area contributed by atoms with E-state index in [1.807, 2.05) is 6.92 Å². The van der Waals surface area contributed by atoms with Crippen molar-refractivity contribution in [3.05, 3.63) is 33.4 Å². The maximum Gasteiger partial charge on any atom is 0.309 e. The highest BCUT2D eigenvalue weighted by atomic mass is 79.9. The standard InChI is InChI=1S/C17H17BrN2O2/c1-2-22-17(21)12-5-10-7-13-14(8-11(10)6-12)19-20-16(15(13)18)9-3-4-9/h7-9,12H,2-6H2,1H3. The van der Waals surface area contributed by atoms with E-state index in [2.05, 4.69) is 38.3 Å². The minimum Gasteiger partial charge on any atom is -0.466 e. The molecule has 5 heteroatoms. The molecule has 2 aromatic rings. The van der Waals surface area contributed by atoms with Gasteiger partial charge in [-0.1, -0.05) is 0 Å². The van der Waals surface area contributed by atoms with Gasteiger partial charge in [0.1, 0.15) is 0 Å². The van der Waals surface area contributed by atoms with Gasteiger partial charge in [-0.05, 0) is 71.8 Å². The zero-order chi connectivity index (χ0) is 15.3. The van der Waals surface area contributed by atoms with E-state index >= 15 is 0 Å². The molecule has 0 N–H and O–H groups in total. The summed E-state index contributed by atoms with van der Waals surface area (Å²) in [5.74, 6) is 0.416. The van der Waals surface area contributed by atoms with Gasteiger partial charge in [-0.3, -0.25) is 4.79 Å². The molecule has 1 aromatic heterocycles. The Morgan fingerprint density at radius 3 is 2.68 bits per heavy atom. The molecule has 0 radical (unpaired) electrons. The Hall–Kier alpha value is -1.49. The molecule has 22 heavy (non-hydrogen) atoms. The van der Waals surface area contributed by atoms with Crippen LogP contribution in [0.3, 0.4) is 0 Å². The molecule has 1 fully saturated rings. The van der Waals surface area contributed by atoms with Crippen molar-refractivity contribution in [1.29, 1.82) is 0 Å². The maximum absolute atomic E-state index is 12.0. The first-order chi connectivity index (χ1) is 10.7. The third-order valence-electron chi connectivity index (χ3n) is 4.56. The van der Waals surface area contributed by atoms with E-state index in [4.69, 9.17) is 4.74 Å². The Morgan fingerprint density at radius 2 is 2.00 bits per heavy atom. The summed E-state index contributed by atoms with van der Waals surface area (Å²) in [7, 11) is 0. The summed E-state index contributed by atoms with van der Waals surface area (Å²) in [4.78, 5) is 12.0. The highest BCUT2D eigenvalue weighted by Gasteiger charge is 2.31. The molecule has 114 valence electrons. The zero-order valence-electron chi connectivity index (χ0n) is 12.4. The van der Waals surface area contributed by atoms with E-state index < -0.39 is 0 Å². The second kappa shape index (κ2) is 5.30. The largest absolute Gasteiger partial charge is 0.466 e. The minimum atomic E-state index is -0.0911. The van der Waals surface area contributed by atoms with E-state index in [0.29, 0.717) is 12.5 Å². The summed E-state index contributed by atoms with van der Waals surface area (Å²) in [6, 6.07) is 4.26. The zero-order valence-corrected chi connectivity index (χ0v) is 14.0. The summed E-state index contributed by atoms with van der Waals surface area (Å²) in [5, 5.41) is 9.89. The van der Waals surface area contributed by atoms with Crippen LogP contribution in [0.4, 0.5) is 0 Å². The van der Waals surface area contributed by atoms with Crippen LogP contribution >= 0.6 is 15.9 Å². The van der Waals surface area contributed by atoms with Crippen LogP contribution in [0.1, 0.15) is 42.5 Å². The van der Waals surface area contributed by atoms with Crippen LogP contribution in [0, 0.1) is 5.92 Å². The molecule has 0 saturated heterocycles. The Labute approximate surface area is 137 Å². The number of benzene rings is 1. The molecule has 4 nitrogen and oxygen atoms in total. The van der Waals surface area contributed by atoms with Crippen molar-refractivity contribution < 1.29 is 9.53 Å². The van der Waals surface area contributed by atoms with Gasteiger partial charge in [-0.25, -0.2) is 0 Å². The van der Waals surface area contributed by atoms with Gasteiger partial charge in [0.2, 0.25) is 0 Å². The number of aromatic nitrogens is 2. The van der Waals surface area contributed by atoms with Gasteiger partial charge in [0.15, 0.2) is 0 Å². The summed E-state index contributed by atoms with van der Waals surface area (Å²) < 4.78 is 6.23. The monoisotopic (exact) mass is 360 g/mol. The molecule has 2 aliphatic carbocycles. The lowest BCUT2D eigenvalue weighted by atomic mass is 10.1. The first kappa shape index (κ1) is 14.1. The second-order valence-corrected chi connectivity index (χ2v) is 6.96. The van der Waals surface area contributed by atoms with Crippen LogP contribution in [0.2, 0.25) is 0 Å². The molecule has 0 amide bonds. The Kier molecular flexibility index (Phi) is 3.40. The van der Waals surface area contributed by atoms with Crippen molar-refractivity contribution in [2.75, 3.05) is 6.61 Å². The smallest absolute Gasteiger partial charge is 0.309 e. The minimum absolute atomic E-state index is 0.0543. The fraction of sp³-hybridized carbons (Fsp3) is 0.471. The highest BCUT2D eigenvalue weighted by Crippen LogP contribution is 2.44. The second-order valence-electron chi connectivity index (χ2n) is 6.17. The highest BCUT2D eigenvalue weighted by molar-refractivity contribution is 9.10. The number of fused-ring (bicyclic) bond motifs is 2. The average molecular weight is 361 g/mol. The predicted molar refractivity (Wildman–Crippen MR) is 86.7 cm³/mol. The number of carbonyl (C=O) groups excluding carboxylic acids is 1. The van der Waals surface area contributed by atoms with Crippen LogP contribution in [0.25, 0.3) is 10.9 Å². The first-order valence-corrected chi connectivity index (χ1v) is 8.61. The van der Waals surface area contributed by atoms with Gasteiger partial charge in [-0.2, -0.15) is 10.2 Å². The number of esters is 1. The SMILES string of the molecule is CCOC(=O)C1Cc2cc3nnc(C4CC4)c(Br)c3cc2C1. The summed E-state index contributed by atoms with van der Waals surface area (Å²) >= 11 is 3.71. The van der Waals surface area contributed by atoms with Gasteiger partial charge >= 0.3 is 5.97 Å². The lowest BCUT2D eigenvalue weighted by molar-refractivity contribution is -0.147. The molecule has 0 aliphatic heterocycles. The van der Waals surface area contributed by atoms with E-state index in [1.54, 1.807) is 0 Å². The average Bonchev–Trinajstić information content (AvgIpc) is 3.25. The predicted octanol–water partition coefficient (Wildman–Crippen LogP) is 3.55. The molecule has 1 aromatic carbocycles. The van der Waals surface area contributed by atoms with Crippen LogP contribution in [0.15, 0.2) is 16.6 Å². The first-order valence-electron chi connectivity index (χ1n) is 7.81. The maximum atomic E-state index is 12.0. The fourth-order valence-corrected chi connectivity index (χ4v) is 3.97. The van der Waals surface area contributed by atoms with E-state index in [9.17, 15) is 4.79 Å². The van der Waals surface area contributed by atoms with E-state index in [1.165, 1.54) is 24.0 Å². The summed E-state index contributed by atoms with van der Waals surface area (Å²) in [6.07, 6.45) is 3.91. The van der Waals surface area contributed by atoms with Gasteiger partial charge < -0.3 is 4.74 Å². The lowest BCUT2D eigenvalue weighted by Gasteiger charge is -2.07. The molecule has 1 saturated carbocycles. The molecular formula is C17H17BrN2O2. The Bertz CT molecular complexity index is 771. The van der Waals surface area contributed by atoms with Crippen LogP contribution in [-0.4, -0.2) is 22.8 Å². The topological polar surface area (TPSA) is 52.1 Å². The number of carbonyl (C=O) groups is 1. The summed E-state index contributed by atoms with van der Waals surface area (Å²) in [5.41, 5.74) is 4.42. The van der Waals surface area contributed by atoms with Crippen molar-refractivity contribution in [3.8, 4) is 0 Å². The van der Waals surface area contributed by atoms with E-state index in [0.717, 1.165) is 33.9 Å². The number of hydrogen-bond acceptors (Lipinski definition) is 4. The van der Waals surface area contributed by atoms with Crippen molar-refractivity contribution in [2.24, 2.45) is 5.92 Å². The molecule has 4 rings (SSSR count). The van der Waals surface area contributed by atoms with Crippen LogP contribution in [-0.2, 0) is 22.4 Å². The third kappa shape index (κ3) is 2.32. The van der Waals surface area contributed by atoms with E-state index in [-0.39, 0.29) is 11.9 Å². The summed E-state index contributed by atoms with van der Waals surface area (Å²) in [6.45, 7) is 2.29. The normalized spacial score (nSPS) is 20.2. The molecule has 0 spiro atoms. The third-order valence-corrected chi connectivity index (χ3v) is 5.39. The van der Waals surface area contributed by atoms with Gasteiger partial charge in [0.25, 0.3) is 0 Å². The molecular weight excluding hydrogens is 344 g/mol. The molecule has 1 unspecified atom stereocenters. The van der Waals surface area contributed by atoms with Gasteiger partial charge in [0.05, 0.1) is 28.2 Å². The number of halogens is 1. The van der Waals surface area contributed by atoms with Gasteiger partial charge in [-0.15, -0.1) is 0 Å². The number of hydrogen-bond donors (Lipinski definition) is 0. The Morgan fingerprint density at radius 1 is 1.27 bits per heavy atom. The molecule has 1 heterocycles. The molecule has 0 bridgehead atoms. The van der Waals surface area contributed by atoms with Crippen molar-refractivity contribution >= 4 is 32.8 Å². The van der Waals surface area contributed by atoms with Crippen molar-refractivity contribution in [1.82, 2.24) is 10.2 Å². The quantitative estimate of drug-likeness (QED) is 0.785. The lowest BCUT2D eigenvalue weighted by Crippen LogP contribution is -2.17. The Balaban J connectivity index is 1.72. The number of rotatable bonds is 3. The number of ether oxygens (including phenoxy) is 1. The van der Waals surface area contributed by atoms with Crippen molar-refractivity contribution in [3.63, 3.8) is 0 Å². The molecule has 2 aliphatic rings. The van der Waals surface area contributed by atoms with Crippen molar-refractivity contribution in [2.45, 2.75) is 38.5 Å². The van der Waals surface area contributed by atoms with Gasteiger partial charge in [0, 0.05) is 11.3 Å². The van der Waals surface area contributed by atoms with Crippen LogP contribution in [0.5, 0.6) is 0 Å². The fourth-order valence-electron chi connectivity index (χ4n) is 3.25. The molecule has 1 atom stereocenters. The van der Waals surface area contributed by atoms with Crippen LogP contribution < -0.4 is 0 Å². The number of nitrogens with zero attached hydrogens (tertiary/aromatic N) is 2.